The minimum absolute atomic E-state index is 0.0309. The standard InChI is InChI=1S/C23H22ClN5O2/c1-13-12-29(23(31)15-4-5-19(24)26-11-15)9-7-16(13)18-10-20(28-22(30)14-2-3-14)27-21-17(18)6-8-25-21/h4-8,10-11,13-14H,2-3,9,12H2,1H3,(H2,25,27,28,30)/t13-/m1/s1. The topological polar surface area (TPSA) is 91.0 Å². The van der Waals surface area contributed by atoms with Crippen LogP contribution in [0.3, 0.4) is 0 Å². The van der Waals surface area contributed by atoms with E-state index >= 15 is 0 Å². The normalized spacial score (nSPS) is 18.7. The molecule has 3 aromatic rings. The summed E-state index contributed by atoms with van der Waals surface area (Å²) in [6.07, 6.45) is 7.33. The second kappa shape index (κ2) is 7.81. The van der Waals surface area contributed by atoms with Gasteiger partial charge in [-0.05, 0) is 54.2 Å². The van der Waals surface area contributed by atoms with Crippen LogP contribution in [0.25, 0.3) is 16.6 Å². The molecule has 158 valence electrons. The first kappa shape index (κ1) is 19.8. The zero-order chi connectivity index (χ0) is 21.5. The molecule has 31 heavy (non-hydrogen) atoms. The van der Waals surface area contributed by atoms with E-state index in [1.54, 1.807) is 12.1 Å². The largest absolute Gasteiger partial charge is 0.346 e. The third kappa shape index (κ3) is 3.93. The number of amides is 2. The molecule has 1 atom stereocenters. The number of halogens is 1. The third-order valence-electron chi connectivity index (χ3n) is 5.86. The number of hydrogen-bond acceptors (Lipinski definition) is 4. The molecule has 1 aliphatic carbocycles. The van der Waals surface area contributed by atoms with Crippen LogP contribution in [-0.2, 0) is 4.79 Å². The molecule has 0 unspecified atom stereocenters. The number of carbonyl (C=O) groups is 2. The number of hydrogen-bond donors (Lipinski definition) is 2. The number of anilines is 1. The van der Waals surface area contributed by atoms with E-state index in [1.165, 1.54) is 6.20 Å². The molecular weight excluding hydrogens is 414 g/mol. The van der Waals surface area contributed by atoms with Gasteiger partial charge in [-0.25, -0.2) is 9.97 Å². The van der Waals surface area contributed by atoms with Crippen molar-refractivity contribution in [1.29, 1.82) is 0 Å². The highest BCUT2D eigenvalue weighted by atomic mass is 35.5. The quantitative estimate of drug-likeness (QED) is 0.602. The molecule has 2 N–H and O–H groups in total. The van der Waals surface area contributed by atoms with Gasteiger partial charge >= 0.3 is 0 Å². The van der Waals surface area contributed by atoms with Gasteiger partial charge in [0.2, 0.25) is 5.91 Å². The first-order valence-electron chi connectivity index (χ1n) is 10.4. The summed E-state index contributed by atoms with van der Waals surface area (Å²) in [4.78, 5) is 38.6. The van der Waals surface area contributed by atoms with Crippen molar-refractivity contribution in [3.05, 3.63) is 59.0 Å². The maximum absolute atomic E-state index is 12.9. The van der Waals surface area contributed by atoms with Gasteiger partial charge in [0.05, 0.1) is 5.56 Å². The Balaban J connectivity index is 1.43. The van der Waals surface area contributed by atoms with Crippen LogP contribution >= 0.6 is 11.6 Å². The van der Waals surface area contributed by atoms with E-state index < -0.39 is 0 Å². The predicted octanol–water partition coefficient (Wildman–Crippen LogP) is 4.14. The second-order valence-corrected chi connectivity index (χ2v) is 8.59. The van der Waals surface area contributed by atoms with Crippen molar-refractivity contribution in [2.75, 3.05) is 18.4 Å². The van der Waals surface area contributed by atoms with Gasteiger partial charge in [-0.1, -0.05) is 24.6 Å². The highest BCUT2D eigenvalue weighted by Crippen LogP contribution is 2.35. The Hall–Kier alpha value is -3.19. The van der Waals surface area contributed by atoms with E-state index in [4.69, 9.17) is 11.6 Å². The molecule has 2 amide bonds. The fraction of sp³-hybridized carbons (Fsp3) is 0.304. The molecule has 0 radical (unpaired) electrons. The first-order chi connectivity index (χ1) is 15.0. The molecule has 1 fully saturated rings. The summed E-state index contributed by atoms with van der Waals surface area (Å²) in [6, 6.07) is 7.26. The Morgan fingerprint density at radius 3 is 2.81 bits per heavy atom. The van der Waals surface area contributed by atoms with Crippen molar-refractivity contribution < 1.29 is 9.59 Å². The second-order valence-electron chi connectivity index (χ2n) is 8.20. The van der Waals surface area contributed by atoms with E-state index in [1.807, 2.05) is 23.2 Å². The average molecular weight is 436 g/mol. The van der Waals surface area contributed by atoms with Crippen LogP contribution in [0.5, 0.6) is 0 Å². The van der Waals surface area contributed by atoms with E-state index in [2.05, 4.69) is 33.3 Å². The Kier molecular flexibility index (Phi) is 4.98. The van der Waals surface area contributed by atoms with Crippen molar-refractivity contribution in [3.8, 4) is 0 Å². The van der Waals surface area contributed by atoms with Gasteiger partial charge in [0.1, 0.15) is 16.6 Å². The lowest BCUT2D eigenvalue weighted by Gasteiger charge is -2.31. The van der Waals surface area contributed by atoms with Crippen LogP contribution < -0.4 is 5.32 Å². The summed E-state index contributed by atoms with van der Waals surface area (Å²) < 4.78 is 0. The molecule has 7 nitrogen and oxygen atoms in total. The molecule has 0 spiro atoms. The van der Waals surface area contributed by atoms with Gasteiger partial charge in [0.15, 0.2) is 0 Å². The Bertz CT molecular complexity index is 1200. The molecule has 0 saturated heterocycles. The van der Waals surface area contributed by atoms with Crippen LogP contribution in [0, 0.1) is 11.8 Å². The predicted molar refractivity (Wildman–Crippen MR) is 120 cm³/mol. The lowest BCUT2D eigenvalue weighted by atomic mass is 9.89. The minimum Gasteiger partial charge on any atom is -0.346 e. The fourth-order valence-electron chi connectivity index (χ4n) is 4.05. The van der Waals surface area contributed by atoms with Crippen molar-refractivity contribution >= 4 is 45.8 Å². The van der Waals surface area contributed by atoms with Crippen molar-refractivity contribution in [1.82, 2.24) is 19.9 Å². The van der Waals surface area contributed by atoms with Gasteiger partial charge < -0.3 is 15.2 Å². The van der Waals surface area contributed by atoms with Crippen LogP contribution in [0.15, 0.2) is 42.7 Å². The number of nitrogens with zero attached hydrogens (tertiary/aromatic N) is 3. The SMILES string of the molecule is C[C@@H]1CN(C(=O)c2ccc(Cl)nc2)CC=C1c1cc(NC(=O)C2CC2)nc2[nH]ccc12. The lowest BCUT2D eigenvalue weighted by molar-refractivity contribution is -0.117. The summed E-state index contributed by atoms with van der Waals surface area (Å²) in [7, 11) is 0. The Morgan fingerprint density at radius 2 is 2.10 bits per heavy atom. The van der Waals surface area contributed by atoms with Crippen molar-refractivity contribution in [2.45, 2.75) is 19.8 Å². The first-order valence-corrected chi connectivity index (χ1v) is 10.8. The highest BCUT2D eigenvalue weighted by Gasteiger charge is 2.30. The fourth-order valence-corrected chi connectivity index (χ4v) is 4.17. The van der Waals surface area contributed by atoms with Gasteiger partial charge in [-0.2, -0.15) is 0 Å². The smallest absolute Gasteiger partial charge is 0.255 e. The molecule has 3 aromatic heterocycles. The number of nitrogens with one attached hydrogen (secondary N) is 2. The minimum atomic E-state index is -0.0646. The van der Waals surface area contributed by atoms with Gasteiger partial charge in [0, 0.05) is 36.8 Å². The van der Waals surface area contributed by atoms with Crippen LogP contribution in [0.1, 0.15) is 35.7 Å². The summed E-state index contributed by atoms with van der Waals surface area (Å²) in [6.45, 7) is 3.19. The maximum Gasteiger partial charge on any atom is 0.255 e. The number of pyridine rings is 2. The lowest BCUT2D eigenvalue weighted by Crippen LogP contribution is -2.38. The van der Waals surface area contributed by atoms with Crippen molar-refractivity contribution in [2.24, 2.45) is 11.8 Å². The number of aromatic amines is 1. The molecule has 1 saturated carbocycles. The molecular formula is C23H22ClN5O2. The van der Waals surface area contributed by atoms with Crippen molar-refractivity contribution in [3.63, 3.8) is 0 Å². The van der Waals surface area contributed by atoms with Gasteiger partial charge in [0.25, 0.3) is 5.91 Å². The molecule has 1 aliphatic heterocycles. The third-order valence-corrected chi connectivity index (χ3v) is 6.08. The molecule has 5 rings (SSSR count). The van der Waals surface area contributed by atoms with E-state index in [-0.39, 0.29) is 23.7 Å². The number of aromatic nitrogens is 3. The molecule has 8 heteroatoms. The molecule has 0 bridgehead atoms. The van der Waals surface area contributed by atoms with Gasteiger partial charge in [-0.15, -0.1) is 0 Å². The van der Waals surface area contributed by atoms with Gasteiger partial charge in [-0.3, -0.25) is 9.59 Å². The summed E-state index contributed by atoms with van der Waals surface area (Å²) in [5.41, 5.74) is 3.44. The summed E-state index contributed by atoms with van der Waals surface area (Å²) in [5.74, 6) is 0.749. The number of H-pyrrole nitrogens is 1. The van der Waals surface area contributed by atoms with E-state index in [9.17, 15) is 9.59 Å². The highest BCUT2D eigenvalue weighted by molar-refractivity contribution is 6.29. The number of fused-ring (bicyclic) bond motifs is 1. The van der Waals surface area contributed by atoms with Crippen LogP contribution in [0.2, 0.25) is 5.15 Å². The zero-order valence-electron chi connectivity index (χ0n) is 17.1. The molecule has 0 aromatic carbocycles. The number of carbonyl (C=O) groups excluding carboxylic acids is 2. The zero-order valence-corrected chi connectivity index (χ0v) is 17.8. The van der Waals surface area contributed by atoms with E-state index in [0.29, 0.717) is 29.6 Å². The summed E-state index contributed by atoms with van der Waals surface area (Å²) in [5, 5.41) is 4.32. The Labute approximate surface area is 184 Å². The Morgan fingerprint density at radius 1 is 1.26 bits per heavy atom. The van der Waals surface area contributed by atoms with E-state index in [0.717, 1.165) is 35.0 Å². The maximum atomic E-state index is 12.9. The van der Waals surface area contributed by atoms with Crippen LogP contribution in [-0.4, -0.2) is 44.8 Å². The number of rotatable bonds is 4. The summed E-state index contributed by atoms with van der Waals surface area (Å²) >= 11 is 5.84. The average Bonchev–Trinajstić information content (AvgIpc) is 3.51. The molecule has 2 aliphatic rings. The van der Waals surface area contributed by atoms with Crippen LogP contribution in [0.4, 0.5) is 5.82 Å². The monoisotopic (exact) mass is 435 g/mol. The molecule has 4 heterocycles.